The Bertz CT molecular complexity index is 2150. The number of methoxy groups -OCH3 is 1. The molecule has 2 heterocycles. The number of rotatable bonds is 5. The van der Waals surface area contributed by atoms with E-state index >= 15 is 8.78 Å². The van der Waals surface area contributed by atoms with Gasteiger partial charge in [0.2, 0.25) is 17.6 Å². The Morgan fingerprint density at radius 1 is 0.863 bits per heavy atom. The summed E-state index contributed by atoms with van der Waals surface area (Å²) in [5.74, 6) is -24.4. The Morgan fingerprint density at radius 3 is 2.14 bits per heavy atom. The average Bonchev–Trinajstić information content (AvgIpc) is 3.44. The number of aromatic hydroxyl groups is 1. The fraction of sp³-hybridized carbons (Fsp3) is 0.265. The number of hydrogen-bond acceptors (Lipinski definition) is 7. The SMILES string of the molecule is COc1cc(O)ccc1[C@H]1C2=CC[C@@H]3C(=O)N(c4cccc(C(=O)O)c4)C(=O)[C@@H]3[C@@H]2C[C@@]2(Cl)C(=O)N(c3c(F)c(F)c(F)c(F)c3F)C(=O)[C@@]12Cl. The summed E-state index contributed by atoms with van der Waals surface area (Å²) in [7, 11) is 1.18. The summed E-state index contributed by atoms with van der Waals surface area (Å²) in [5.41, 5.74) is -2.07. The topological polar surface area (TPSA) is 142 Å². The van der Waals surface area contributed by atoms with Crippen LogP contribution < -0.4 is 14.5 Å². The van der Waals surface area contributed by atoms with Gasteiger partial charge in [0.05, 0.1) is 30.2 Å². The lowest BCUT2D eigenvalue weighted by atomic mass is 9.56. The van der Waals surface area contributed by atoms with Gasteiger partial charge in [0.1, 0.15) is 17.2 Å². The van der Waals surface area contributed by atoms with Crippen molar-refractivity contribution in [3.63, 3.8) is 0 Å². The molecule has 6 atom stereocenters. The van der Waals surface area contributed by atoms with Gasteiger partial charge >= 0.3 is 5.97 Å². The lowest BCUT2D eigenvalue weighted by Crippen LogP contribution is -2.60. The molecule has 17 heteroatoms. The summed E-state index contributed by atoms with van der Waals surface area (Å²) in [4.78, 5) is 63.3. The second kappa shape index (κ2) is 11.5. The Kier molecular flexibility index (Phi) is 7.76. The normalized spacial score (nSPS) is 28.4. The van der Waals surface area contributed by atoms with Crippen molar-refractivity contribution in [1.29, 1.82) is 0 Å². The molecule has 0 aromatic heterocycles. The van der Waals surface area contributed by atoms with E-state index < -0.39 is 104 Å². The number of carboxylic acid groups (broad SMARTS) is 1. The van der Waals surface area contributed by atoms with E-state index in [4.69, 9.17) is 27.9 Å². The van der Waals surface area contributed by atoms with Gasteiger partial charge in [-0.3, -0.25) is 24.1 Å². The fourth-order valence-corrected chi connectivity index (χ4v) is 8.81. The summed E-state index contributed by atoms with van der Waals surface area (Å²) in [6, 6.07) is 8.55. The van der Waals surface area contributed by atoms with Crippen molar-refractivity contribution in [1.82, 2.24) is 0 Å². The number of ether oxygens (including phenoxy) is 1. The number of aromatic carboxylic acids is 1. The summed E-state index contributed by atoms with van der Waals surface area (Å²) in [6.07, 6.45) is 0.615. The minimum absolute atomic E-state index is 0.0204. The van der Waals surface area contributed by atoms with Crippen LogP contribution in [0.1, 0.15) is 34.7 Å². The molecule has 1 saturated carbocycles. The van der Waals surface area contributed by atoms with Gasteiger partial charge in [-0.05, 0) is 43.0 Å². The highest BCUT2D eigenvalue weighted by Gasteiger charge is 2.77. The van der Waals surface area contributed by atoms with Gasteiger partial charge < -0.3 is 14.9 Å². The molecule has 4 aliphatic rings. The van der Waals surface area contributed by atoms with Gasteiger partial charge in [-0.15, -0.1) is 23.2 Å². The number of imide groups is 2. The maximum absolute atomic E-state index is 15.2. The third-order valence-corrected chi connectivity index (χ3v) is 11.5. The predicted molar refractivity (Wildman–Crippen MR) is 167 cm³/mol. The Balaban J connectivity index is 1.44. The van der Waals surface area contributed by atoms with Crippen LogP contribution in [-0.2, 0) is 19.2 Å². The highest BCUT2D eigenvalue weighted by atomic mass is 35.5. The van der Waals surface area contributed by atoms with Crippen LogP contribution in [0.25, 0.3) is 0 Å². The van der Waals surface area contributed by atoms with E-state index in [0.717, 1.165) is 23.1 Å². The van der Waals surface area contributed by atoms with Crippen molar-refractivity contribution in [3.8, 4) is 11.5 Å². The summed E-state index contributed by atoms with van der Waals surface area (Å²) in [6.45, 7) is 0. The summed E-state index contributed by atoms with van der Waals surface area (Å²) in [5, 5.41) is 19.7. The summed E-state index contributed by atoms with van der Waals surface area (Å²) < 4.78 is 78.8. The van der Waals surface area contributed by atoms with Crippen molar-refractivity contribution in [2.24, 2.45) is 17.8 Å². The van der Waals surface area contributed by atoms with Crippen LogP contribution in [0.4, 0.5) is 33.3 Å². The second-order valence-corrected chi connectivity index (χ2v) is 13.7. The molecule has 3 aromatic rings. The van der Waals surface area contributed by atoms with Gasteiger partial charge in [0.25, 0.3) is 11.8 Å². The van der Waals surface area contributed by atoms with Gasteiger partial charge in [-0.25, -0.2) is 31.6 Å². The van der Waals surface area contributed by atoms with E-state index in [-0.39, 0.29) is 45.2 Å². The molecule has 2 saturated heterocycles. The predicted octanol–water partition coefficient (Wildman–Crippen LogP) is 5.56. The first-order valence-corrected chi connectivity index (χ1v) is 15.8. The van der Waals surface area contributed by atoms with Crippen LogP contribution in [0, 0.1) is 46.8 Å². The molecule has 2 aliphatic heterocycles. The van der Waals surface area contributed by atoms with Gasteiger partial charge in [0, 0.05) is 17.5 Å². The molecule has 0 unspecified atom stereocenters. The zero-order valence-corrected chi connectivity index (χ0v) is 27.2. The van der Waals surface area contributed by atoms with Gasteiger partial charge in [-0.1, -0.05) is 23.8 Å². The van der Waals surface area contributed by atoms with Crippen LogP contribution >= 0.6 is 23.2 Å². The molecule has 2 aliphatic carbocycles. The third-order valence-electron chi connectivity index (χ3n) is 10.1. The summed E-state index contributed by atoms with van der Waals surface area (Å²) >= 11 is 14.2. The number of benzene rings is 3. The molecule has 264 valence electrons. The number of carboxylic acids is 1. The number of carbonyl (C=O) groups excluding carboxylic acids is 4. The number of phenolic OH excluding ortho intramolecular Hbond substituents is 1. The molecule has 4 amide bonds. The molecule has 2 N–H and O–H groups in total. The molecule has 10 nitrogen and oxygen atoms in total. The van der Waals surface area contributed by atoms with E-state index in [1.807, 2.05) is 0 Å². The number of hydrogen-bond donors (Lipinski definition) is 2. The van der Waals surface area contributed by atoms with Gasteiger partial charge in [-0.2, -0.15) is 0 Å². The van der Waals surface area contributed by atoms with Crippen LogP contribution in [0.15, 0.2) is 54.1 Å². The van der Waals surface area contributed by atoms with Crippen LogP contribution in [0.5, 0.6) is 11.5 Å². The Hall–Kier alpha value is -5.02. The molecule has 51 heavy (non-hydrogen) atoms. The molecular formula is C34H21Cl2F5N2O8. The molecule has 3 fully saturated rings. The molecule has 3 aromatic carbocycles. The lowest BCUT2D eigenvalue weighted by Gasteiger charge is -2.50. The van der Waals surface area contributed by atoms with E-state index in [1.54, 1.807) is 0 Å². The van der Waals surface area contributed by atoms with Crippen LogP contribution in [0.2, 0.25) is 0 Å². The zero-order valence-electron chi connectivity index (χ0n) is 25.7. The van der Waals surface area contributed by atoms with E-state index in [2.05, 4.69) is 0 Å². The number of carbonyl (C=O) groups is 5. The monoisotopic (exact) mass is 750 g/mol. The van der Waals surface area contributed by atoms with Crippen molar-refractivity contribution < 1.29 is 60.9 Å². The smallest absolute Gasteiger partial charge is 0.335 e. The van der Waals surface area contributed by atoms with E-state index in [1.165, 1.54) is 37.5 Å². The highest BCUT2D eigenvalue weighted by Crippen LogP contribution is 2.67. The number of allylic oxidation sites excluding steroid dienone is 2. The molecular weight excluding hydrogens is 730 g/mol. The van der Waals surface area contributed by atoms with Crippen molar-refractivity contribution in [2.75, 3.05) is 16.9 Å². The average molecular weight is 751 g/mol. The number of anilines is 2. The third kappa shape index (κ3) is 4.43. The molecule has 7 rings (SSSR count). The van der Waals surface area contributed by atoms with Crippen molar-refractivity contribution in [2.45, 2.75) is 28.5 Å². The number of alkyl halides is 2. The highest BCUT2D eigenvalue weighted by molar-refractivity contribution is 6.58. The number of fused-ring (bicyclic) bond motifs is 4. The zero-order chi connectivity index (χ0) is 37.1. The fourth-order valence-electron chi connectivity index (χ4n) is 7.88. The maximum atomic E-state index is 15.2. The van der Waals surface area contributed by atoms with Crippen molar-refractivity contribution >= 4 is 64.2 Å². The molecule has 0 spiro atoms. The van der Waals surface area contributed by atoms with E-state index in [0.29, 0.717) is 0 Å². The first-order chi connectivity index (χ1) is 24.0. The molecule has 0 radical (unpaired) electrons. The number of halogens is 7. The van der Waals surface area contributed by atoms with Gasteiger partial charge in [0.15, 0.2) is 33.0 Å². The first-order valence-electron chi connectivity index (χ1n) is 15.1. The van der Waals surface area contributed by atoms with E-state index in [9.17, 15) is 47.4 Å². The standard InChI is InChI=1S/C34H21Cl2F5N2O8/c1-51-19-10-14(44)5-6-16(19)21-15-7-8-17-20(29(46)42(28(17)45)13-4-2-3-12(9-13)30(47)48)18(15)11-33(35)31(49)43(32(50)34(21,33)36)27-25(40)23(38)22(37)24(39)26(27)41/h2-7,9-10,17-18,20-21,44H,8,11H2,1H3,(H,47,48)/t17-,18+,20-,21+,33+,34-/m0/s1. The maximum Gasteiger partial charge on any atom is 0.335 e. The quantitative estimate of drug-likeness (QED) is 0.0863. The molecule has 0 bridgehead atoms. The minimum atomic E-state index is -2.79. The Morgan fingerprint density at radius 2 is 1.51 bits per heavy atom. The van der Waals surface area contributed by atoms with Crippen LogP contribution in [0.3, 0.4) is 0 Å². The van der Waals surface area contributed by atoms with Crippen LogP contribution in [-0.4, -0.2) is 56.7 Å². The van der Waals surface area contributed by atoms with Crippen molar-refractivity contribution in [3.05, 3.63) is 94.3 Å². The number of amides is 4. The lowest BCUT2D eigenvalue weighted by molar-refractivity contribution is -0.125. The largest absolute Gasteiger partial charge is 0.508 e. The minimum Gasteiger partial charge on any atom is -0.508 e. The number of phenols is 1. The number of nitrogens with zero attached hydrogens (tertiary/aromatic N) is 2. The second-order valence-electron chi connectivity index (χ2n) is 12.5. The first kappa shape index (κ1) is 34.4. The Labute approximate surface area is 293 Å².